The molecule has 0 bridgehead atoms. The van der Waals surface area contributed by atoms with Gasteiger partial charge in [0.1, 0.15) is 23.6 Å². The first-order chi connectivity index (χ1) is 13.0. The topological polar surface area (TPSA) is 76.1 Å². The number of amides is 1. The van der Waals surface area contributed by atoms with Crippen LogP contribution >= 0.6 is 0 Å². The Hall–Kier alpha value is -3.41. The Balaban J connectivity index is 1.83. The van der Waals surface area contributed by atoms with Crippen LogP contribution in [0.25, 0.3) is 0 Å². The Morgan fingerprint density at radius 1 is 1.00 bits per heavy atom. The maximum absolute atomic E-state index is 12.6. The monoisotopic (exact) mass is 362 g/mol. The summed E-state index contributed by atoms with van der Waals surface area (Å²) in [5.74, 6) is 0.825. The molecule has 27 heavy (non-hydrogen) atoms. The Morgan fingerprint density at radius 3 is 2.44 bits per heavy atom. The van der Waals surface area contributed by atoms with Crippen molar-refractivity contribution in [1.82, 2.24) is 9.97 Å². The second-order valence-corrected chi connectivity index (χ2v) is 6.34. The summed E-state index contributed by atoms with van der Waals surface area (Å²) in [6.07, 6.45) is 1.37. The van der Waals surface area contributed by atoms with Crippen LogP contribution in [-0.2, 0) is 0 Å². The Labute approximate surface area is 158 Å². The van der Waals surface area contributed by atoms with E-state index in [-0.39, 0.29) is 11.6 Å². The van der Waals surface area contributed by atoms with E-state index >= 15 is 0 Å². The predicted molar refractivity (Wildman–Crippen MR) is 107 cm³/mol. The van der Waals surface area contributed by atoms with Crippen LogP contribution < -0.4 is 15.4 Å². The van der Waals surface area contributed by atoms with Crippen LogP contribution in [0.1, 0.15) is 27.2 Å². The number of benzene rings is 2. The second kappa shape index (κ2) is 7.86. The third-order valence-corrected chi connectivity index (χ3v) is 4.24. The lowest BCUT2D eigenvalue weighted by atomic mass is 10.1. The number of hydrogen-bond acceptors (Lipinski definition) is 5. The van der Waals surface area contributed by atoms with Gasteiger partial charge in [0, 0.05) is 11.8 Å². The van der Waals surface area contributed by atoms with Gasteiger partial charge in [0.15, 0.2) is 0 Å². The molecule has 0 radical (unpaired) electrons. The normalized spacial score (nSPS) is 10.4. The standard InChI is InChI=1S/C21H22N4O2/c1-13-8-9-18(27-4)16(10-13)24-21(26)17-11-19(23-12-22-17)25-20-14(2)6-5-7-15(20)3/h5-12H,1-4H3,(H,24,26)(H,22,23,25). The third kappa shape index (κ3) is 4.23. The van der Waals surface area contributed by atoms with Gasteiger partial charge in [0.05, 0.1) is 12.8 Å². The number of anilines is 3. The molecule has 0 aliphatic heterocycles. The molecule has 0 spiro atoms. The van der Waals surface area contributed by atoms with Gasteiger partial charge >= 0.3 is 0 Å². The molecule has 2 aromatic carbocycles. The average molecular weight is 362 g/mol. The highest BCUT2D eigenvalue weighted by molar-refractivity contribution is 6.04. The zero-order chi connectivity index (χ0) is 19.4. The largest absolute Gasteiger partial charge is 0.495 e. The first kappa shape index (κ1) is 18.4. The smallest absolute Gasteiger partial charge is 0.274 e. The number of para-hydroxylation sites is 1. The molecule has 3 rings (SSSR count). The third-order valence-electron chi connectivity index (χ3n) is 4.24. The summed E-state index contributed by atoms with van der Waals surface area (Å²) in [5, 5.41) is 6.13. The van der Waals surface area contributed by atoms with E-state index in [0.717, 1.165) is 22.4 Å². The predicted octanol–water partition coefficient (Wildman–Crippen LogP) is 4.41. The molecule has 6 nitrogen and oxygen atoms in total. The van der Waals surface area contributed by atoms with E-state index in [1.165, 1.54) is 6.33 Å². The molecule has 0 saturated carbocycles. The van der Waals surface area contributed by atoms with E-state index in [9.17, 15) is 4.79 Å². The van der Waals surface area contributed by atoms with Gasteiger partial charge in [-0.05, 0) is 49.6 Å². The van der Waals surface area contributed by atoms with Gasteiger partial charge in [-0.15, -0.1) is 0 Å². The van der Waals surface area contributed by atoms with Crippen LogP contribution in [0.4, 0.5) is 17.2 Å². The molecule has 0 atom stereocenters. The van der Waals surface area contributed by atoms with Crippen LogP contribution in [0.2, 0.25) is 0 Å². The maximum atomic E-state index is 12.6. The quantitative estimate of drug-likeness (QED) is 0.703. The Morgan fingerprint density at radius 2 is 1.74 bits per heavy atom. The molecule has 0 aliphatic rings. The molecular formula is C21H22N4O2. The average Bonchev–Trinajstić information content (AvgIpc) is 2.65. The summed E-state index contributed by atoms with van der Waals surface area (Å²) in [4.78, 5) is 21.0. The molecule has 0 unspecified atom stereocenters. The molecule has 138 valence electrons. The summed E-state index contributed by atoms with van der Waals surface area (Å²) in [7, 11) is 1.57. The fraction of sp³-hybridized carbons (Fsp3) is 0.190. The Bertz CT molecular complexity index is 965. The molecule has 0 saturated heterocycles. The molecule has 0 aliphatic carbocycles. The molecule has 2 N–H and O–H groups in total. The minimum absolute atomic E-state index is 0.266. The number of rotatable bonds is 5. The van der Waals surface area contributed by atoms with Crippen molar-refractivity contribution in [3.63, 3.8) is 0 Å². The van der Waals surface area contributed by atoms with Crippen LogP contribution in [0, 0.1) is 20.8 Å². The summed E-state index contributed by atoms with van der Waals surface area (Å²) in [6, 6.07) is 13.3. The van der Waals surface area contributed by atoms with Crippen molar-refractivity contribution in [2.24, 2.45) is 0 Å². The number of hydrogen-bond donors (Lipinski definition) is 2. The maximum Gasteiger partial charge on any atom is 0.274 e. The number of methoxy groups -OCH3 is 1. The molecule has 1 amide bonds. The van der Waals surface area contributed by atoms with Crippen LogP contribution in [0.15, 0.2) is 48.8 Å². The zero-order valence-corrected chi connectivity index (χ0v) is 15.8. The minimum Gasteiger partial charge on any atom is -0.495 e. The Kier molecular flexibility index (Phi) is 5.35. The summed E-state index contributed by atoms with van der Waals surface area (Å²) >= 11 is 0. The lowest BCUT2D eigenvalue weighted by Crippen LogP contribution is -2.15. The highest BCUT2D eigenvalue weighted by Gasteiger charge is 2.13. The van der Waals surface area contributed by atoms with Gasteiger partial charge in [0.2, 0.25) is 0 Å². The molecule has 0 fully saturated rings. The van der Waals surface area contributed by atoms with Gasteiger partial charge in [-0.25, -0.2) is 9.97 Å². The van der Waals surface area contributed by atoms with E-state index in [0.29, 0.717) is 17.3 Å². The number of aromatic nitrogens is 2. The molecule has 3 aromatic rings. The SMILES string of the molecule is COc1ccc(C)cc1NC(=O)c1cc(Nc2c(C)cccc2C)ncn1. The number of aryl methyl sites for hydroxylation is 3. The number of ether oxygens (including phenoxy) is 1. The van der Waals surface area contributed by atoms with Crippen molar-refractivity contribution in [2.75, 3.05) is 17.7 Å². The highest BCUT2D eigenvalue weighted by atomic mass is 16.5. The van der Waals surface area contributed by atoms with E-state index in [1.807, 2.05) is 57.2 Å². The van der Waals surface area contributed by atoms with Gasteiger partial charge in [-0.2, -0.15) is 0 Å². The van der Waals surface area contributed by atoms with E-state index in [4.69, 9.17) is 4.74 Å². The van der Waals surface area contributed by atoms with Crippen molar-refractivity contribution in [1.29, 1.82) is 0 Å². The first-order valence-corrected chi connectivity index (χ1v) is 8.59. The summed E-state index contributed by atoms with van der Waals surface area (Å²) < 4.78 is 5.31. The number of nitrogens with zero attached hydrogens (tertiary/aromatic N) is 2. The lowest BCUT2D eigenvalue weighted by molar-refractivity contribution is 0.102. The highest BCUT2D eigenvalue weighted by Crippen LogP contribution is 2.26. The van der Waals surface area contributed by atoms with Crippen LogP contribution in [0.5, 0.6) is 5.75 Å². The van der Waals surface area contributed by atoms with Crippen molar-refractivity contribution in [2.45, 2.75) is 20.8 Å². The van der Waals surface area contributed by atoms with Crippen molar-refractivity contribution < 1.29 is 9.53 Å². The van der Waals surface area contributed by atoms with Crippen LogP contribution in [0.3, 0.4) is 0 Å². The van der Waals surface area contributed by atoms with E-state index < -0.39 is 0 Å². The zero-order valence-electron chi connectivity index (χ0n) is 15.8. The molecular weight excluding hydrogens is 340 g/mol. The molecule has 1 heterocycles. The van der Waals surface area contributed by atoms with Crippen LogP contribution in [-0.4, -0.2) is 23.0 Å². The lowest BCUT2D eigenvalue weighted by Gasteiger charge is -2.13. The second-order valence-electron chi connectivity index (χ2n) is 6.34. The van der Waals surface area contributed by atoms with Gasteiger partial charge < -0.3 is 15.4 Å². The minimum atomic E-state index is -0.328. The van der Waals surface area contributed by atoms with Crippen molar-refractivity contribution in [3.05, 3.63) is 71.2 Å². The fourth-order valence-electron chi connectivity index (χ4n) is 2.80. The van der Waals surface area contributed by atoms with Gasteiger partial charge in [-0.1, -0.05) is 24.3 Å². The van der Waals surface area contributed by atoms with Crippen molar-refractivity contribution in [3.8, 4) is 5.75 Å². The van der Waals surface area contributed by atoms with E-state index in [1.54, 1.807) is 13.2 Å². The number of nitrogens with one attached hydrogen (secondary N) is 2. The van der Waals surface area contributed by atoms with Gasteiger partial charge in [0.25, 0.3) is 5.91 Å². The van der Waals surface area contributed by atoms with E-state index in [2.05, 4.69) is 20.6 Å². The first-order valence-electron chi connectivity index (χ1n) is 8.59. The summed E-state index contributed by atoms with van der Waals surface area (Å²) in [5.41, 5.74) is 5.06. The fourth-order valence-corrected chi connectivity index (χ4v) is 2.80. The molecule has 6 heteroatoms. The van der Waals surface area contributed by atoms with Crippen molar-refractivity contribution >= 4 is 23.1 Å². The van der Waals surface area contributed by atoms with Gasteiger partial charge in [-0.3, -0.25) is 4.79 Å². The number of carbonyl (C=O) groups excluding carboxylic acids is 1. The summed E-state index contributed by atoms with van der Waals surface area (Å²) in [6.45, 7) is 5.99. The number of carbonyl (C=O) groups is 1. The molecule has 1 aromatic heterocycles.